The minimum absolute atomic E-state index is 0.0472. The van der Waals surface area contributed by atoms with Crippen molar-refractivity contribution in [3.63, 3.8) is 0 Å². The number of aryl methyl sites for hydroxylation is 2. The maximum absolute atomic E-state index is 13.3. The van der Waals surface area contributed by atoms with Crippen LogP contribution in [0.4, 0.5) is 5.00 Å². The Kier molecular flexibility index (Phi) is 6.16. The van der Waals surface area contributed by atoms with Gasteiger partial charge in [-0.25, -0.2) is 4.98 Å². The maximum atomic E-state index is 13.3. The summed E-state index contributed by atoms with van der Waals surface area (Å²) in [5, 5.41) is 14.5. The summed E-state index contributed by atoms with van der Waals surface area (Å²) in [5.74, 6) is 0.517. The number of nitrogens with zero attached hydrogens (tertiary/aromatic N) is 3. The highest BCUT2D eigenvalue weighted by molar-refractivity contribution is 7.99. The zero-order valence-electron chi connectivity index (χ0n) is 18.4. The van der Waals surface area contributed by atoms with Crippen molar-refractivity contribution >= 4 is 55.6 Å². The van der Waals surface area contributed by atoms with Crippen molar-refractivity contribution < 1.29 is 4.79 Å². The molecule has 6 nitrogen and oxygen atoms in total. The molecule has 0 aromatic carbocycles. The first-order valence-corrected chi connectivity index (χ1v) is 13.7. The summed E-state index contributed by atoms with van der Waals surface area (Å²) in [6.45, 7) is 6.36. The zero-order chi connectivity index (χ0) is 23.1. The first kappa shape index (κ1) is 22.4. The molecule has 1 atom stereocenters. The number of rotatable bonds is 6. The lowest BCUT2D eigenvalue weighted by Gasteiger charge is -2.17. The van der Waals surface area contributed by atoms with E-state index in [1.807, 2.05) is 0 Å². The number of carbonyl (C=O) groups is 1. The van der Waals surface area contributed by atoms with Gasteiger partial charge in [0.25, 0.3) is 5.56 Å². The number of thiophene rings is 2. The molecule has 9 heteroatoms. The molecule has 2 aliphatic rings. The van der Waals surface area contributed by atoms with Gasteiger partial charge in [0.1, 0.15) is 15.9 Å². The number of fused-ring (bicyclic) bond motifs is 4. The molecule has 0 bridgehead atoms. The lowest BCUT2D eigenvalue weighted by atomic mass is 9.89. The highest BCUT2D eigenvalue weighted by Gasteiger charge is 2.26. The summed E-state index contributed by atoms with van der Waals surface area (Å²) in [6.07, 6.45) is 7.63. The molecule has 0 saturated carbocycles. The topological polar surface area (TPSA) is 87.8 Å². The molecular weight excluding hydrogens is 472 g/mol. The van der Waals surface area contributed by atoms with Crippen LogP contribution in [0.1, 0.15) is 46.2 Å². The van der Waals surface area contributed by atoms with Crippen molar-refractivity contribution in [2.45, 2.75) is 57.1 Å². The van der Waals surface area contributed by atoms with Gasteiger partial charge in [0.05, 0.1) is 16.7 Å². The lowest BCUT2D eigenvalue weighted by molar-refractivity contribution is -0.113. The Bertz CT molecular complexity index is 1380. The van der Waals surface area contributed by atoms with E-state index in [4.69, 9.17) is 4.98 Å². The Morgan fingerprint density at radius 1 is 1.33 bits per heavy atom. The lowest BCUT2D eigenvalue weighted by Crippen LogP contribution is -2.24. The monoisotopic (exact) mass is 496 g/mol. The number of aromatic nitrogens is 2. The number of nitriles is 1. The van der Waals surface area contributed by atoms with Crippen LogP contribution in [-0.2, 0) is 37.0 Å². The number of amides is 1. The molecule has 5 rings (SSSR count). The third kappa shape index (κ3) is 4.05. The highest BCUT2D eigenvalue weighted by Crippen LogP contribution is 2.39. The summed E-state index contributed by atoms with van der Waals surface area (Å²) < 4.78 is 1.62. The van der Waals surface area contributed by atoms with E-state index in [-0.39, 0.29) is 17.2 Å². The average Bonchev–Trinajstić information content (AvgIpc) is 3.46. The first-order chi connectivity index (χ1) is 16.0. The number of nitrogens with one attached hydrogen (secondary N) is 1. The minimum Gasteiger partial charge on any atom is -0.316 e. The SMILES string of the molecule is C=CCn1c(SCC(=O)Nc2sc3c(c2C#N)CCC(C)C3)nc2sc3c(c2c1=O)CCC3. The molecule has 1 amide bonds. The van der Waals surface area contributed by atoms with Gasteiger partial charge in [0.2, 0.25) is 5.91 Å². The van der Waals surface area contributed by atoms with Crippen LogP contribution >= 0.6 is 34.4 Å². The van der Waals surface area contributed by atoms with Crippen LogP contribution in [0.2, 0.25) is 0 Å². The van der Waals surface area contributed by atoms with Gasteiger partial charge >= 0.3 is 0 Å². The molecule has 1 unspecified atom stereocenters. The normalized spacial score (nSPS) is 16.9. The number of carbonyl (C=O) groups excluding carboxylic acids is 1. The smallest absolute Gasteiger partial charge is 0.263 e. The fourth-order valence-electron chi connectivity index (χ4n) is 4.71. The van der Waals surface area contributed by atoms with E-state index in [1.165, 1.54) is 32.9 Å². The fourth-order valence-corrected chi connectivity index (χ4v) is 8.20. The summed E-state index contributed by atoms with van der Waals surface area (Å²) in [4.78, 5) is 34.0. The van der Waals surface area contributed by atoms with Gasteiger partial charge < -0.3 is 5.32 Å². The molecule has 1 N–H and O–H groups in total. The third-order valence-electron chi connectivity index (χ3n) is 6.31. The number of hydrogen-bond donors (Lipinski definition) is 1. The van der Waals surface area contributed by atoms with Gasteiger partial charge in [0, 0.05) is 16.3 Å². The van der Waals surface area contributed by atoms with E-state index in [2.05, 4.69) is 24.9 Å². The maximum Gasteiger partial charge on any atom is 0.263 e. The van der Waals surface area contributed by atoms with Gasteiger partial charge in [-0.1, -0.05) is 24.8 Å². The summed E-state index contributed by atoms with van der Waals surface area (Å²) in [7, 11) is 0. The van der Waals surface area contributed by atoms with Crippen molar-refractivity contribution in [2.75, 3.05) is 11.1 Å². The van der Waals surface area contributed by atoms with Crippen molar-refractivity contribution in [1.82, 2.24) is 9.55 Å². The quantitative estimate of drug-likeness (QED) is 0.297. The summed E-state index contributed by atoms with van der Waals surface area (Å²) in [5.41, 5.74) is 2.81. The van der Waals surface area contributed by atoms with Gasteiger partial charge in [-0.3, -0.25) is 14.2 Å². The molecule has 170 valence electrons. The van der Waals surface area contributed by atoms with Crippen LogP contribution in [0.15, 0.2) is 22.6 Å². The molecule has 0 radical (unpaired) electrons. The van der Waals surface area contributed by atoms with Gasteiger partial charge in [-0.2, -0.15) is 5.26 Å². The van der Waals surface area contributed by atoms with Gasteiger partial charge in [-0.05, 0) is 55.6 Å². The van der Waals surface area contributed by atoms with E-state index in [9.17, 15) is 14.9 Å². The van der Waals surface area contributed by atoms with E-state index < -0.39 is 0 Å². The van der Waals surface area contributed by atoms with Crippen LogP contribution in [-0.4, -0.2) is 21.2 Å². The Hall–Kier alpha value is -2.41. The molecule has 0 fully saturated rings. The molecule has 3 heterocycles. The van der Waals surface area contributed by atoms with Crippen LogP contribution in [0, 0.1) is 17.2 Å². The van der Waals surface area contributed by atoms with E-state index in [0.717, 1.165) is 59.9 Å². The molecule has 3 aromatic heterocycles. The standard InChI is InChI=1S/C24H24N4O2S3/c1-3-9-28-23(30)20-15-5-4-6-17(15)32-22(20)27-24(28)31-12-19(29)26-21-16(11-25)14-8-7-13(2)10-18(14)33-21/h3,13H,1,4-10,12H2,2H3,(H,26,29). The molecule has 0 aliphatic heterocycles. The highest BCUT2D eigenvalue weighted by atomic mass is 32.2. The third-order valence-corrected chi connectivity index (χ3v) is 9.64. The van der Waals surface area contributed by atoms with Crippen molar-refractivity contribution in [2.24, 2.45) is 5.92 Å². The predicted molar refractivity (Wildman–Crippen MR) is 136 cm³/mol. The predicted octanol–water partition coefficient (Wildman–Crippen LogP) is 4.92. The molecule has 3 aromatic rings. The van der Waals surface area contributed by atoms with E-state index in [1.54, 1.807) is 22.0 Å². The minimum atomic E-state index is -0.198. The van der Waals surface area contributed by atoms with Crippen molar-refractivity contribution in [3.8, 4) is 6.07 Å². The first-order valence-electron chi connectivity index (χ1n) is 11.1. The zero-order valence-corrected chi connectivity index (χ0v) is 20.9. The van der Waals surface area contributed by atoms with Crippen LogP contribution in [0.3, 0.4) is 0 Å². The second kappa shape index (κ2) is 9.09. The average molecular weight is 497 g/mol. The molecule has 0 saturated heterocycles. The van der Waals surface area contributed by atoms with Crippen molar-refractivity contribution in [1.29, 1.82) is 5.26 Å². The Balaban J connectivity index is 1.38. The van der Waals surface area contributed by atoms with Gasteiger partial charge in [-0.15, -0.1) is 29.3 Å². The fraction of sp³-hybridized carbons (Fsp3) is 0.417. The molecule has 33 heavy (non-hydrogen) atoms. The number of thioether (sulfide) groups is 1. The van der Waals surface area contributed by atoms with E-state index in [0.29, 0.717) is 28.2 Å². The Morgan fingerprint density at radius 3 is 2.97 bits per heavy atom. The Morgan fingerprint density at radius 2 is 2.18 bits per heavy atom. The molecule has 0 spiro atoms. The largest absolute Gasteiger partial charge is 0.316 e. The Labute approximate surface area is 204 Å². The molecular formula is C24H24N4O2S3. The number of anilines is 1. The van der Waals surface area contributed by atoms with Crippen LogP contribution < -0.4 is 10.9 Å². The second-order valence-corrected chi connectivity index (χ2v) is 11.8. The summed E-state index contributed by atoms with van der Waals surface area (Å²) in [6, 6.07) is 2.29. The summed E-state index contributed by atoms with van der Waals surface area (Å²) >= 11 is 4.38. The van der Waals surface area contributed by atoms with E-state index >= 15 is 0 Å². The van der Waals surface area contributed by atoms with Crippen molar-refractivity contribution in [3.05, 3.63) is 49.5 Å². The second-order valence-electron chi connectivity index (χ2n) is 8.64. The van der Waals surface area contributed by atoms with Crippen LogP contribution in [0.25, 0.3) is 10.2 Å². The van der Waals surface area contributed by atoms with Gasteiger partial charge in [0.15, 0.2) is 5.16 Å². The number of allylic oxidation sites excluding steroid dienone is 1. The van der Waals surface area contributed by atoms with Crippen LogP contribution in [0.5, 0.6) is 0 Å². The number of hydrogen-bond acceptors (Lipinski definition) is 7. The molecule has 2 aliphatic carbocycles.